The van der Waals surface area contributed by atoms with E-state index in [2.05, 4.69) is 29.3 Å². The molecule has 32 heavy (non-hydrogen) atoms. The number of hydrogen-bond acceptors (Lipinski definition) is 7. The van der Waals surface area contributed by atoms with Crippen LogP contribution in [0.3, 0.4) is 0 Å². The van der Waals surface area contributed by atoms with E-state index >= 15 is 0 Å². The van der Waals surface area contributed by atoms with Crippen molar-refractivity contribution < 1.29 is 22.7 Å². The maximum atomic E-state index is 12.5. The van der Waals surface area contributed by atoms with E-state index in [1.807, 2.05) is 6.92 Å². The maximum absolute atomic E-state index is 12.5. The fourth-order valence-corrected chi connectivity index (χ4v) is 5.59. The summed E-state index contributed by atoms with van der Waals surface area (Å²) in [5, 5.41) is 0. The molecule has 0 aliphatic carbocycles. The Bertz CT molecular complexity index is 1310. The number of benzene rings is 2. The van der Waals surface area contributed by atoms with E-state index in [0.29, 0.717) is 21.4 Å². The number of aryl methyl sites for hydroxylation is 1. The van der Waals surface area contributed by atoms with Gasteiger partial charge >= 0.3 is 5.97 Å². The highest BCUT2D eigenvalue weighted by atomic mass is 32.2. The molecule has 0 saturated carbocycles. The third kappa shape index (κ3) is 6.30. The number of carbonyl (C=O) groups is 2. The standard InChI is InChI=1S/C22H24N2O5S3/c1-15-6-8-16(9-7-15)30-12-4-5-20(25)23-22-24(14-21(26)29-2)18-11-10-17(32(3,27)28)13-19(18)31-22/h6-11,13H,4-5,12,14H2,1-3H3. The molecule has 2 aromatic carbocycles. The molecule has 1 amide bonds. The van der Waals surface area contributed by atoms with Crippen LogP contribution < -0.4 is 4.80 Å². The number of rotatable bonds is 8. The Hall–Kier alpha value is -2.43. The molecule has 0 aliphatic rings. The Kier molecular flexibility index (Phi) is 7.91. The van der Waals surface area contributed by atoms with E-state index in [0.717, 1.165) is 16.9 Å². The van der Waals surface area contributed by atoms with Gasteiger partial charge in [0.05, 0.1) is 22.2 Å². The third-order valence-electron chi connectivity index (χ3n) is 4.64. The van der Waals surface area contributed by atoms with Crippen molar-refractivity contribution in [2.45, 2.75) is 36.1 Å². The van der Waals surface area contributed by atoms with Gasteiger partial charge in [-0.25, -0.2) is 8.42 Å². The van der Waals surface area contributed by atoms with Crippen molar-refractivity contribution >= 4 is 55.0 Å². The van der Waals surface area contributed by atoms with E-state index in [-0.39, 0.29) is 23.8 Å². The van der Waals surface area contributed by atoms with Crippen molar-refractivity contribution in [1.82, 2.24) is 4.57 Å². The minimum atomic E-state index is -3.38. The summed E-state index contributed by atoms with van der Waals surface area (Å²) in [6.45, 7) is 1.92. The van der Waals surface area contributed by atoms with Crippen LogP contribution in [-0.2, 0) is 30.7 Å². The lowest BCUT2D eigenvalue weighted by atomic mass is 10.2. The van der Waals surface area contributed by atoms with Crippen LogP contribution in [-0.4, -0.2) is 44.0 Å². The number of amides is 1. The lowest BCUT2D eigenvalue weighted by Gasteiger charge is -2.04. The molecule has 0 unspecified atom stereocenters. The molecular formula is C22H24N2O5S3. The predicted octanol–water partition coefficient (Wildman–Crippen LogP) is 3.59. The van der Waals surface area contributed by atoms with Gasteiger partial charge in [0, 0.05) is 17.6 Å². The number of hydrogen-bond donors (Lipinski definition) is 0. The van der Waals surface area contributed by atoms with Gasteiger partial charge < -0.3 is 9.30 Å². The topological polar surface area (TPSA) is 94.8 Å². The number of esters is 1. The summed E-state index contributed by atoms with van der Waals surface area (Å²) in [6, 6.07) is 12.9. The lowest BCUT2D eigenvalue weighted by molar-refractivity contribution is -0.141. The van der Waals surface area contributed by atoms with E-state index < -0.39 is 15.8 Å². The van der Waals surface area contributed by atoms with Crippen LogP contribution in [0.1, 0.15) is 18.4 Å². The normalized spacial score (nSPS) is 12.3. The van der Waals surface area contributed by atoms with Gasteiger partial charge in [-0.15, -0.1) is 11.8 Å². The lowest BCUT2D eigenvalue weighted by Crippen LogP contribution is -2.22. The maximum Gasteiger partial charge on any atom is 0.325 e. The minimum Gasteiger partial charge on any atom is -0.468 e. The molecule has 3 rings (SSSR count). The average Bonchev–Trinajstić information content (AvgIpc) is 3.07. The predicted molar refractivity (Wildman–Crippen MR) is 127 cm³/mol. The summed E-state index contributed by atoms with van der Waals surface area (Å²) in [4.78, 5) is 30.2. The van der Waals surface area contributed by atoms with Crippen molar-refractivity contribution in [1.29, 1.82) is 0 Å². The highest BCUT2D eigenvalue weighted by Gasteiger charge is 2.15. The summed E-state index contributed by atoms with van der Waals surface area (Å²) < 4.78 is 30.7. The molecule has 0 fully saturated rings. The molecule has 0 spiro atoms. The molecule has 10 heteroatoms. The second-order valence-corrected chi connectivity index (χ2v) is 11.4. The van der Waals surface area contributed by atoms with Crippen LogP contribution in [0.15, 0.2) is 57.2 Å². The number of sulfone groups is 1. The SMILES string of the molecule is COC(=O)Cn1c(=NC(=O)CCCSc2ccc(C)cc2)sc2cc(S(C)(=O)=O)ccc21. The fraction of sp³-hybridized carbons (Fsp3) is 0.318. The van der Waals surface area contributed by atoms with Crippen LogP contribution in [0.4, 0.5) is 0 Å². The Morgan fingerprint density at radius 1 is 1.16 bits per heavy atom. The van der Waals surface area contributed by atoms with Crippen molar-refractivity contribution in [2.24, 2.45) is 4.99 Å². The number of carbonyl (C=O) groups excluding carboxylic acids is 2. The highest BCUT2D eigenvalue weighted by molar-refractivity contribution is 7.99. The molecule has 0 atom stereocenters. The van der Waals surface area contributed by atoms with Gasteiger partial charge in [0.25, 0.3) is 0 Å². The zero-order chi connectivity index (χ0) is 23.3. The molecular weight excluding hydrogens is 468 g/mol. The van der Waals surface area contributed by atoms with Gasteiger partial charge in [-0.05, 0) is 49.4 Å². The van der Waals surface area contributed by atoms with Crippen molar-refractivity contribution in [3.05, 3.63) is 52.8 Å². The van der Waals surface area contributed by atoms with Crippen LogP contribution in [0.25, 0.3) is 10.2 Å². The summed E-state index contributed by atoms with van der Waals surface area (Å²) in [5.74, 6) is 0.0136. The minimum absolute atomic E-state index is 0.121. The first-order valence-electron chi connectivity index (χ1n) is 9.84. The first-order chi connectivity index (χ1) is 15.2. The van der Waals surface area contributed by atoms with Crippen LogP contribution >= 0.6 is 23.1 Å². The number of aromatic nitrogens is 1. The van der Waals surface area contributed by atoms with Crippen molar-refractivity contribution in [3.8, 4) is 0 Å². The second kappa shape index (κ2) is 10.5. The fourth-order valence-electron chi connectivity index (χ4n) is 2.93. The van der Waals surface area contributed by atoms with E-state index in [1.165, 1.54) is 36.1 Å². The van der Waals surface area contributed by atoms with Gasteiger partial charge in [0.15, 0.2) is 14.6 Å². The molecule has 1 heterocycles. The smallest absolute Gasteiger partial charge is 0.325 e. The number of thioether (sulfide) groups is 1. The van der Waals surface area contributed by atoms with E-state index in [1.54, 1.807) is 22.4 Å². The molecule has 170 valence electrons. The van der Waals surface area contributed by atoms with Crippen LogP contribution in [0.5, 0.6) is 0 Å². The average molecular weight is 493 g/mol. The molecule has 3 aromatic rings. The Morgan fingerprint density at radius 2 is 1.88 bits per heavy atom. The molecule has 0 saturated heterocycles. The number of nitrogens with zero attached hydrogens (tertiary/aromatic N) is 2. The molecule has 0 bridgehead atoms. The Labute approximate surface area is 195 Å². The highest BCUT2D eigenvalue weighted by Crippen LogP contribution is 2.22. The summed E-state index contributed by atoms with van der Waals surface area (Å²) >= 11 is 2.86. The largest absolute Gasteiger partial charge is 0.468 e. The van der Waals surface area contributed by atoms with Crippen molar-refractivity contribution in [3.63, 3.8) is 0 Å². The van der Waals surface area contributed by atoms with Gasteiger partial charge in [0.2, 0.25) is 5.91 Å². The number of thiazole rings is 1. The van der Waals surface area contributed by atoms with Gasteiger partial charge in [0.1, 0.15) is 6.54 Å². The first-order valence-corrected chi connectivity index (χ1v) is 13.5. The summed E-state index contributed by atoms with van der Waals surface area (Å²) in [5.41, 5.74) is 1.82. The van der Waals surface area contributed by atoms with Crippen LogP contribution in [0.2, 0.25) is 0 Å². The summed E-state index contributed by atoms with van der Waals surface area (Å²) in [6.07, 6.45) is 2.08. The zero-order valence-electron chi connectivity index (χ0n) is 18.0. The third-order valence-corrected chi connectivity index (χ3v) is 7.89. The van der Waals surface area contributed by atoms with Crippen molar-refractivity contribution in [2.75, 3.05) is 19.1 Å². The molecule has 0 aliphatic heterocycles. The Morgan fingerprint density at radius 3 is 2.53 bits per heavy atom. The number of ether oxygens (including phenoxy) is 1. The van der Waals surface area contributed by atoms with Gasteiger partial charge in [-0.1, -0.05) is 29.0 Å². The first kappa shape index (κ1) is 24.2. The van der Waals surface area contributed by atoms with E-state index in [9.17, 15) is 18.0 Å². The molecule has 7 nitrogen and oxygen atoms in total. The van der Waals surface area contributed by atoms with E-state index in [4.69, 9.17) is 4.74 Å². The molecule has 0 N–H and O–H groups in total. The zero-order valence-corrected chi connectivity index (χ0v) is 20.5. The van der Waals surface area contributed by atoms with Crippen LogP contribution in [0, 0.1) is 6.92 Å². The molecule has 1 aromatic heterocycles. The quantitative estimate of drug-likeness (QED) is 0.271. The van der Waals surface area contributed by atoms with Gasteiger partial charge in [-0.3, -0.25) is 9.59 Å². The monoisotopic (exact) mass is 492 g/mol. The summed E-state index contributed by atoms with van der Waals surface area (Å²) in [7, 11) is -2.10. The van der Waals surface area contributed by atoms with Gasteiger partial charge in [-0.2, -0.15) is 4.99 Å². The number of methoxy groups -OCH3 is 1. The second-order valence-electron chi connectivity index (χ2n) is 7.22. The molecule has 0 radical (unpaired) electrons. The number of fused-ring (bicyclic) bond motifs is 1. The Balaban J connectivity index is 1.79.